The molecule has 21 heavy (non-hydrogen) atoms. The van der Waals surface area contributed by atoms with Crippen LogP contribution in [0.25, 0.3) is 0 Å². The first kappa shape index (κ1) is 14.3. The van der Waals surface area contributed by atoms with Crippen LogP contribution in [0.15, 0.2) is 11.4 Å². The molecule has 1 N–H and O–H groups in total. The van der Waals surface area contributed by atoms with Crippen molar-refractivity contribution in [2.75, 3.05) is 13.1 Å². The van der Waals surface area contributed by atoms with E-state index < -0.39 is 11.9 Å². The van der Waals surface area contributed by atoms with Crippen molar-refractivity contribution in [1.29, 1.82) is 0 Å². The summed E-state index contributed by atoms with van der Waals surface area (Å²) in [6, 6.07) is 1.61. The van der Waals surface area contributed by atoms with E-state index in [4.69, 9.17) is 0 Å². The highest BCUT2D eigenvalue weighted by atomic mass is 32.1. The van der Waals surface area contributed by atoms with Crippen LogP contribution in [-0.4, -0.2) is 40.8 Å². The van der Waals surface area contributed by atoms with E-state index in [0.717, 1.165) is 12.8 Å². The third-order valence-electron chi connectivity index (χ3n) is 4.41. The predicted molar refractivity (Wildman–Crippen MR) is 77.6 cm³/mol. The van der Waals surface area contributed by atoms with Crippen molar-refractivity contribution in [2.45, 2.75) is 19.8 Å². The molecule has 0 spiro atoms. The van der Waals surface area contributed by atoms with E-state index in [9.17, 15) is 19.5 Å². The number of carboxylic acids is 1. The monoisotopic (exact) mass is 307 g/mol. The highest BCUT2D eigenvalue weighted by Gasteiger charge is 2.47. The van der Waals surface area contributed by atoms with E-state index in [1.54, 1.807) is 16.3 Å². The summed E-state index contributed by atoms with van der Waals surface area (Å²) in [5, 5.41) is 11.0. The first-order chi connectivity index (χ1) is 9.97. The van der Waals surface area contributed by atoms with Crippen LogP contribution in [-0.2, 0) is 4.79 Å². The molecule has 1 aliphatic carbocycles. The molecule has 1 saturated carbocycles. The molecule has 5 nitrogen and oxygen atoms in total. The molecule has 2 atom stereocenters. The molecular formula is C15H17NO4S. The molecule has 3 rings (SSSR count). The molecule has 2 fully saturated rings. The zero-order chi connectivity index (χ0) is 15.1. The quantitative estimate of drug-likeness (QED) is 0.865. The van der Waals surface area contributed by atoms with Crippen molar-refractivity contribution >= 4 is 29.0 Å². The second-order valence-corrected chi connectivity index (χ2v) is 6.82. The Morgan fingerprint density at radius 2 is 2.00 bits per heavy atom. The van der Waals surface area contributed by atoms with Gasteiger partial charge in [-0.25, -0.2) is 0 Å². The second-order valence-electron chi connectivity index (χ2n) is 5.91. The van der Waals surface area contributed by atoms with Gasteiger partial charge in [0, 0.05) is 24.0 Å². The maximum absolute atomic E-state index is 12.5. The van der Waals surface area contributed by atoms with Crippen LogP contribution < -0.4 is 0 Å². The maximum Gasteiger partial charge on any atom is 0.308 e. The summed E-state index contributed by atoms with van der Waals surface area (Å²) in [7, 11) is 0. The minimum atomic E-state index is -0.808. The molecule has 0 aromatic carbocycles. The number of carbonyl (C=O) groups is 3. The van der Waals surface area contributed by atoms with Gasteiger partial charge in [-0.2, -0.15) is 0 Å². The van der Waals surface area contributed by atoms with Crippen molar-refractivity contribution in [2.24, 2.45) is 17.8 Å². The third kappa shape index (κ3) is 2.72. The molecule has 1 aromatic heterocycles. The van der Waals surface area contributed by atoms with Crippen LogP contribution in [0.4, 0.5) is 0 Å². The number of likely N-dealkylation sites (tertiary alicyclic amines) is 1. The SMILES string of the molecule is CC(=O)c1csc(C(=O)N2C[C@H](C(=O)O)[C@@H](C3CC3)C2)c1. The normalized spacial score (nSPS) is 25.1. The third-order valence-corrected chi connectivity index (χ3v) is 5.33. The number of Topliss-reactive ketones (excluding diaryl/α,β-unsaturated/α-hetero) is 1. The van der Waals surface area contributed by atoms with Gasteiger partial charge in [0.25, 0.3) is 5.91 Å². The molecule has 1 aliphatic heterocycles. The van der Waals surface area contributed by atoms with Crippen LogP contribution in [0.5, 0.6) is 0 Å². The zero-order valence-corrected chi connectivity index (χ0v) is 12.6. The van der Waals surface area contributed by atoms with E-state index in [-0.39, 0.29) is 24.2 Å². The van der Waals surface area contributed by atoms with Crippen molar-refractivity contribution < 1.29 is 19.5 Å². The molecule has 112 valence electrons. The van der Waals surface area contributed by atoms with Gasteiger partial charge in [-0.15, -0.1) is 11.3 Å². The molecule has 0 bridgehead atoms. The van der Waals surface area contributed by atoms with E-state index >= 15 is 0 Å². The standard InChI is InChI=1S/C15H17NO4S/c1-8(17)10-4-13(21-7-10)14(18)16-5-11(9-2-3-9)12(6-16)15(19)20/h4,7,9,11-12H,2-3,5-6H2,1H3,(H,19,20)/t11-,12+/m1/s1. The van der Waals surface area contributed by atoms with Gasteiger partial charge in [0.1, 0.15) is 0 Å². The average Bonchev–Trinajstić information content (AvgIpc) is 3.01. The summed E-state index contributed by atoms with van der Waals surface area (Å²) < 4.78 is 0. The Bertz CT molecular complexity index is 605. The van der Waals surface area contributed by atoms with Crippen molar-refractivity contribution in [3.63, 3.8) is 0 Å². The number of hydrogen-bond acceptors (Lipinski definition) is 4. The summed E-state index contributed by atoms with van der Waals surface area (Å²) in [4.78, 5) is 37.3. The number of thiophene rings is 1. The van der Waals surface area contributed by atoms with E-state index in [0.29, 0.717) is 22.9 Å². The minimum Gasteiger partial charge on any atom is -0.481 e. The minimum absolute atomic E-state index is 0.0639. The number of carbonyl (C=O) groups excluding carboxylic acids is 2. The fourth-order valence-electron chi connectivity index (χ4n) is 3.05. The fraction of sp³-hybridized carbons (Fsp3) is 0.533. The highest BCUT2D eigenvalue weighted by Crippen LogP contribution is 2.44. The maximum atomic E-state index is 12.5. The van der Waals surface area contributed by atoms with Crippen LogP contribution in [0.1, 0.15) is 39.8 Å². The van der Waals surface area contributed by atoms with E-state index in [1.807, 2.05) is 0 Å². The second kappa shape index (κ2) is 5.26. The van der Waals surface area contributed by atoms with Crippen LogP contribution in [0.3, 0.4) is 0 Å². The Hall–Kier alpha value is -1.69. The molecule has 1 saturated heterocycles. The topological polar surface area (TPSA) is 74.7 Å². The summed E-state index contributed by atoms with van der Waals surface area (Å²) >= 11 is 1.25. The van der Waals surface area contributed by atoms with Crippen molar-refractivity contribution in [3.05, 3.63) is 21.9 Å². The average molecular weight is 307 g/mol. The lowest BCUT2D eigenvalue weighted by molar-refractivity contribution is -0.142. The van der Waals surface area contributed by atoms with E-state index in [1.165, 1.54) is 18.3 Å². The number of ketones is 1. The summed E-state index contributed by atoms with van der Waals surface area (Å²) in [6.45, 7) is 2.27. The number of aliphatic carboxylic acids is 1. The fourth-order valence-corrected chi connectivity index (χ4v) is 3.96. The largest absolute Gasteiger partial charge is 0.481 e. The van der Waals surface area contributed by atoms with Gasteiger partial charge in [0.2, 0.25) is 0 Å². The van der Waals surface area contributed by atoms with Crippen LogP contribution >= 0.6 is 11.3 Å². The number of carboxylic acid groups (broad SMARTS) is 1. The first-order valence-electron chi connectivity index (χ1n) is 7.09. The molecule has 6 heteroatoms. The molecule has 0 radical (unpaired) electrons. The molecule has 2 aliphatic rings. The lowest BCUT2D eigenvalue weighted by atomic mass is 9.92. The molecule has 1 aromatic rings. The molecule has 0 unspecified atom stereocenters. The van der Waals surface area contributed by atoms with Gasteiger partial charge in [-0.05, 0) is 37.7 Å². The van der Waals surface area contributed by atoms with Crippen molar-refractivity contribution in [1.82, 2.24) is 4.90 Å². The molecule has 2 heterocycles. The molecule has 1 amide bonds. The Morgan fingerprint density at radius 1 is 1.29 bits per heavy atom. The summed E-state index contributed by atoms with van der Waals surface area (Å²) in [5.41, 5.74) is 0.538. The summed E-state index contributed by atoms with van der Waals surface area (Å²) in [6.07, 6.45) is 2.15. The molecular weight excluding hydrogens is 290 g/mol. The Labute approximate surface area is 126 Å². The van der Waals surface area contributed by atoms with Gasteiger partial charge >= 0.3 is 5.97 Å². The van der Waals surface area contributed by atoms with Gasteiger partial charge in [-0.3, -0.25) is 14.4 Å². The zero-order valence-electron chi connectivity index (χ0n) is 11.7. The Morgan fingerprint density at radius 3 is 2.52 bits per heavy atom. The highest BCUT2D eigenvalue weighted by molar-refractivity contribution is 7.12. The number of hydrogen-bond donors (Lipinski definition) is 1. The van der Waals surface area contributed by atoms with Crippen LogP contribution in [0.2, 0.25) is 0 Å². The van der Waals surface area contributed by atoms with Gasteiger partial charge in [0.15, 0.2) is 5.78 Å². The Balaban J connectivity index is 1.75. The van der Waals surface area contributed by atoms with E-state index in [2.05, 4.69) is 0 Å². The van der Waals surface area contributed by atoms with Crippen molar-refractivity contribution in [3.8, 4) is 0 Å². The first-order valence-corrected chi connectivity index (χ1v) is 7.97. The smallest absolute Gasteiger partial charge is 0.308 e. The van der Waals surface area contributed by atoms with Gasteiger partial charge in [0.05, 0.1) is 10.8 Å². The van der Waals surface area contributed by atoms with Gasteiger partial charge < -0.3 is 10.0 Å². The lowest BCUT2D eigenvalue weighted by Crippen LogP contribution is -2.29. The number of rotatable bonds is 4. The van der Waals surface area contributed by atoms with Gasteiger partial charge in [-0.1, -0.05) is 0 Å². The predicted octanol–water partition coefficient (Wildman–Crippen LogP) is 2.13. The lowest BCUT2D eigenvalue weighted by Gasteiger charge is -2.15. The number of nitrogens with zero attached hydrogens (tertiary/aromatic N) is 1. The number of amides is 1. The van der Waals surface area contributed by atoms with Crippen LogP contribution in [0, 0.1) is 17.8 Å². The Kier molecular flexibility index (Phi) is 3.57. The summed E-state index contributed by atoms with van der Waals surface area (Å²) in [5.74, 6) is -0.932.